The predicted molar refractivity (Wildman–Crippen MR) is 77.3 cm³/mol. The lowest BCUT2D eigenvalue weighted by Crippen LogP contribution is -2.07. The lowest BCUT2D eigenvalue weighted by Gasteiger charge is -2.07. The molecule has 0 saturated heterocycles. The third-order valence-electron chi connectivity index (χ3n) is 2.78. The number of hydrogen-bond donors (Lipinski definition) is 3. The Morgan fingerprint density at radius 3 is 2.50 bits per heavy atom. The third kappa shape index (κ3) is 6.27. The lowest BCUT2D eigenvalue weighted by molar-refractivity contribution is 0.523. The van der Waals surface area contributed by atoms with Crippen molar-refractivity contribution in [1.29, 1.82) is 0 Å². The zero-order valence-corrected chi connectivity index (χ0v) is 11.4. The van der Waals surface area contributed by atoms with Crippen LogP contribution >= 0.6 is 0 Å². The van der Waals surface area contributed by atoms with Gasteiger partial charge in [0.05, 0.1) is 0 Å². The molecule has 0 spiro atoms. The summed E-state index contributed by atoms with van der Waals surface area (Å²) in [6.07, 6.45) is 6.34. The minimum Gasteiger partial charge on any atom is -0.383 e. The monoisotopic (exact) mass is 251 g/mol. The molecule has 1 heterocycles. The fourth-order valence-corrected chi connectivity index (χ4v) is 1.82. The van der Waals surface area contributed by atoms with E-state index in [4.69, 9.17) is 11.5 Å². The predicted octanol–water partition coefficient (Wildman–Crippen LogP) is 2.66. The van der Waals surface area contributed by atoms with Crippen LogP contribution in [-0.4, -0.2) is 16.5 Å². The highest BCUT2D eigenvalue weighted by molar-refractivity contribution is 5.48. The molecule has 102 valence electrons. The molecule has 0 amide bonds. The van der Waals surface area contributed by atoms with Gasteiger partial charge in [0, 0.05) is 12.6 Å². The summed E-state index contributed by atoms with van der Waals surface area (Å²) in [5.74, 6) is 2.15. The number of anilines is 3. The largest absolute Gasteiger partial charge is 0.383 e. The Bertz CT molecular complexity index is 331. The summed E-state index contributed by atoms with van der Waals surface area (Å²) in [5, 5.41) is 3.21. The molecule has 0 aliphatic heterocycles. The van der Waals surface area contributed by atoms with E-state index in [0.29, 0.717) is 11.6 Å². The molecular formula is C13H25N5. The topological polar surface area (TPSA) is 89.8 Å². The average Bonchev–Trinajstić information content (AvgIpc) is 2.26. The Morgan fingerprint density at radius 2 is 1.83 bits per heavy atom. The van der Waals surface area contributed by atoms with Gasteiger partial charge in [0.25, 0.3) is 0 Å². The van der Waals surface area contributed by atoms with Crippen LogP contribution in [0.4, 0.5) is 17.6 Å². The Morgan fingerprint density at radius 1 is 1.11 bits per heavy atom. The molecular weight excluding hydrogens is 226 g/mol. The van der Waals surface area contributed by atoms with Crippen molar-refractivity contribution in [3.05, 3.63) is 6.07 Å². The highest BCUT2D eigenvalue weighted by atomic mass is 15.1. The van der Waals surface area contributed by atoms with Gasteiger partial charge in [-0.3, -0.25) is 0 Å². The quantitative estimate of drug-likeness (QED) is 0.618. The molecule has 0 bridgehead atoms. The van der Waals surface area contributed by atoms with Crippen LogP contribution in [0.25, 0.3) is 0 Å². The molecule has 0 saturated carbocycles. The first kappa shape index (κ1) is 14.5. The molecule has 1 aromatic heterocycles. The second kappa shape index (κ2) is 7.74. The Hall–Kier alpha value is -1.52. The number of rotatable bonds is 8. The van der Waals surface area contributed by atoms with Crippen LogP contribution in [0.3, 0.4) is 0 Å². The highest BCUT2D eigenvalue weighted by Gasteiger charge is 1.99. The van der Waals surface area contributed by atoms with Crippen LogP contribution in [0, 0.1) is 5.92 Å². The molecule has 1 rings (SSSR count). The van der Waals surface area contributed by atoms with E-state index in [1.165, 1.54) is 25.7 Å². The van der Waals surface area contributed by atoms with Crippen molar-refractivity contribution in [2.24, 2.45) is 5.92 Å². The first-order chi connectivity index (χ1) is 8.58. The number of nitrogens with two attached hydrogens (primary N) is 2. The van der Waals surface area contributed by atoms with Crippen LogP contribution < -0.4 is 16.8 Å². The standard InChI is InChI=1S/C13H25N5/c1-10(2)7-5-3-4-6-8-16-12-9-11(14)17-13(15)18-12/h9-10H,3-8H2,1-2H3,(H5,14,15,16,17,18). The summed E-state index contributed by atoms with van der Waals surface area (Å²) < 4.78 is 0. The maximum Gasteiger partial charge on any atom is 0.223 e. The van der Waals surface area contributed by atoms with E-state index >= 15 is 0 Å². The van der Waals surface area contributed by atoms with Crippen LogP contribution in [0.15, 0.2) is 6.07 Å². The van der Waals surface area contributed by atoms with E-state index < -0.39 is 0 Å². The zero-order chi connectivity index (χ0) is 13.4. The molecule has 0 atom stereocenters. The van der Waals surface area contributed by atoms with Gasteiger partial charge in [-0.05, 0) is 12.3 Å². The van der Waals surface area contributed by atoms with Crippen molar-refractivity contribution in [1.82, 2.24) is 9.97 Å². The van der Waals surface area contributed by atoms with Crippen molar-refractivity contribution in [3.8, 4) is 0 Å². The van der Waals surface area contributed by atoms with Gasteiger partial charge in [0.1, 0.15) is 11.6 Å². The van der Waals surface area contributed by atoms with E-state index in [9.17, 15) is 0 Å². The molecule has 5 heteroatoms. The summed E-state index contributed by atoms with van der Waals surface area (Å²) >= 11 is 0. The molecule has 0 aliphatic rings. The van der Waals surface area contributed by atoms with Crippen molar-refractivity contribution in [2.45, 2.75) is 46.0 Å². The van der Waals surface area contributed by atoms with Gasteiger partial charge in [-0.15, -0.1) is 0 Å². The normalized spacial score (nSPS) is 10.8. The number of aromatic nitrogens is 2. The minimum absolute atomic E-state index is 0.217. The van der Waals surface area contributed by atoms with Gasteiger partial charge in [-0.2, -0.15) is 9.97 Å². The summed E-state index contributed by atoms with van der Waals surface area (Å²) in [4.78, 5) is 7.89. The number of unbranched alkanes of at least 4 members (excludes halogenated alkanes) is 3. The summed E-state index contributed by atoms with van der Waals surface area (Å²) in [6.45, 7) is 5.44. The van der Waals surface area contributed by atoms with Crippen LogP contribution in [0.2, 0.25) is 0 Å². The Kier molecular flexibility index (Phi) is 6.25. The van der Waals surface area contributed by atoms with Crippen molar-refractivity contribution in [2.75, 3.05) is 23.3 Å². The van der Waals surface area contributed by atoms with Gasteiger partial charge >= 0.3 is 0 Å². The Labute approximate surface area is 109 Å². The van der Waals surface area contributed by atoms with Crippen molar-refractivity contribution >= 4 is 17.6 Å². The second-order valence-corrected chi connectivity index (χ2v) is 5.06. The fraction of sp³-hybridized carbons (Fsp3) is 0.692. The number of nitrogens with zero attached hydrogens (tertiary/aromatic N) is 2. The Balaban J connectivity index is 2.10. The van der Waals surface area contributed by atoms with Crippen LogP contribution in [-0.2, 0) is 0 Å². The maximum atomic E-state index is 5.59. The first-order valence-corrected chi connectivity index (χ1v) is 6.72. The van der Waals surface area contributed by atoms with Crippen molar-refractivity contribution in [3.63, 3.8) is 0 Å². The number of hydrogen-bond acceptors (Lipinski definition) is 5. The number of nitrogen functional groups attached to an aromatic ring is 2. The van der Waals surface area contributed by atoms with Gasteiger partial charge in [0.2, 0.25) is 5.95 Å². The van der Waals surface area contributed by atoms with E-state index in [2.05, 4.69) is 29.1 Å². The minimum atomic E-state index is 0.217. The van der Waals surface area contributed by atoms with E-state index in [0.717, 1.165) is 18.9 Å². The van der Waals surface area contributed by atoms with Gasteiger partial charge < -0.3 is 16.8 Å². The SMILES string of the molecule is CC(C)CCCCCCNc1cc(N)nc(N)n1. The zero-order valence-electron chi connectivity index (χ0n) is 11.4. The van der Waals surface area contributed by atoms with Crippen LogP contribution in [0.1, 0.15) is 46.0 Å². The number of nitrogens with one attached hydrogen (secondary N) is 1. The molecule has 0 fully saturated rings. The van der Waals surface area contributed by atoms with E-state index in [-0.39, 0.29) is 5.95 Å². The average molecular weight is 251 g/mol. The first-order valence-electron chi connectivity index (χ1n) is 6.72. The highest BCUT2D eigenvalue weighted by Crippen LogP contribution is 2.11. The summed E-state index contributed by atoms with van der Waals surface area (Å²) in [7, 11) is 0. The van der Waals surface area contributed by atoms with Gasteiger partial charge in [-0.25, -0.2) is 0 Å². The molecule has 0 aliphatic carbocycles. The van der Waals surface area contributed by atoms with E-state index in [1.807, 2.05) is 0 Å². The smallest absolute Gasteiger partial charge is 0.223 e. The molecule has 5 N–H and O–H groups in total. The van der Waals surface area contributed by atoms with Gasteiger partial charge in [-0.1, -0.05) is 39.5 Å². The third-order valence-corrected chi connectivity index (χ3v) is 2.78. The van der Waals surface area contributed by atoms with E-state index in [1.54, 1.807) is 6.07 Å². The maximum absolute atomic E-state index is 5.59. The molecule has 0 radical (unpaired) electrons. The molecule has 0 unspecified atom stereocenters. The molecule has 1 aromatic rings. The fourth-order valence-electron chi connectivity index (χ4n) is 1.82. The van der Waals surface area contributed by atoms with Crippen LogP contribution in [0.5, 0.6) is 0 Å². The van der Waals surface area contributed by atoms with Gasteiger partial charge in [0.15, 0.2) is 0 Å². The molecule has 18 heavy (non-hydrogen) atoms. The molecule has 0 aromatic carbocycles. The van der Waals surface area contributed by atoms with Crippen molar-refractivity contribution < 1.29 is 0 Å². The lowest BCUT2D eigenvalue weighted by atomic mass is 10.0. The molecule has 5 nitrogen and oxygen atoms in total. The second-order valence-electron chi connectivity index (χ2n) is 5.06. The summed E-state index contributed by atoms with van der Waals surface area (Å²) in [6, 6.07) is 1.70. The summed E-state index contributed by atoms with van der Waals surface area (Å²) in [5.41, 5.74) is 11.1.